The Labute approximate surface area is 257 Å². The van der Waals surface area contributed by atoms with E-state index < -0.39 is 27.2 Å². The molecule has 4 heterocycles. The molecule has 1 fully saturated rings. The van der Waals surface area contributed by atoms with Crippen molar-refractivity contribution in [3.63, 3.8) is 0 Å². The molecule has 5 rings (SSSR count). The minimum Gasteiger partial charge on any atom is -0.350 e. The van der Waals surface area contributed by atoms with E-state index in [1.54, 1.807) is 15.9 Å². The van der Waals surface area contributed by atoms with Crippen molar-refractivity contribution in [2.75, 3.05) is 30.8 Å². The highest BCUT2D eigenvalue weighted by Crippen LogP contribution is 2.36. The first-order chi connectivity index (χ1) is 20.7. The SMILES string of the molecule is C=CC(=O)N1CCN(c2nc(=O)n(-c3c(C(C)C)ccnc3S(C)(=O)=O)c3nc(-c4cc(F)ccc4Cl)c(F)cc23)[C@@H](C)C1. The molecule has 1 aliphatic rings. The fourth-order valence-electron chi connectivity index (χ4n) is 5.41. The van der Waals surface area contributed by atoms with Gasteiger partial charge in [-0.15, -0.1) is 0 Å². The minimum atomic E-state index is -3.99. The van der Waals surface area contributed by atoms with Crippen LogP contribution in [-0.2, 0) is 14.6 Å². The standard InChI is InChI=1S/C30H29ClF2N6O4S/c1-6-24(40)37-11-12-38(17(4)15-37)27-21-14-23(33)25(20-13-18(32)7-8-22(20)31)35-28(21)39(30(41)36-27)26-19(16(2)3)9-10-34-29(26)44(5,42)43/h6-10,13-14,16-17H,1,11-12,15H2,2-5H3/t17-/m0/s1. The number of aromatic nitrogens is 4. The van der Waals surface area contributed by atoms with E-state index in [-0.39, 0.29) is 81.3 Å². The molecule has 230 valence electrons. The zero-order valence-electron chi connectivity index (χ0n) is 24.4. The third-order valence-electron chi connectivity index (χ3n) is 7.49. The van der Waals surface area contributed by atoms with Crippen LogP contribution in [0.1, 0.15) is 32.3 Å². The monoisotopic (exact) mass is 642 g/mol. The van der Waals surface area contributed by atoms with E-state index >= 15 is 4.39 Å². The van der Waals surface area contributed by atoms with Gasteiger partial charge in [0.05, 0.1) is 16.1 Å². The van der Waals surface area contributed by atoms with Crippen molar-refractivity contribution >= 4 is 44.2 Å². The lowest BCUT2D eigenvalue weighted by molar-refractivity contribution is -0.126. The fourth-order valence-corrected chi connectivity index (χ4v) is 6.43. The number of pyridine rings is 2. The predicted molar refractivity (Wildman–Crippen MR) is 164 cm³/mol. The Morgan fingerprint density at radius 3 is 2.52 bits per heavy atom. The number of hydrogen-bond donors (Lipinski definition) is 0. The van der Waals surface area contributed by atoms with E-state index in [1.807, 2.05) is 20.8 Å². The largest absolute Gasteiger partial charge is 0.355 e. The van der Waals surface area contributed by atoms with Crippen molar-refractivity contribution < 1.29 is 22.0 Å². The van der Waals surface area contributed by atoms with Gasteiger partial charge in [0, 0.05) is 43.7 Å². The number of halogens is 3. The molecule has 44 heavy (non-hydrogen) atoms. The third kappa shape index (κ3) is 5.57. The summed E-state index contributed by atoms with van der Waals surface area (Å²) < 4.78 is 57.1. The Hall–Kier alpha value is -4.23. The zero-order chi connectivity index (χ0) is 32.1. The number of amides is 1. The number of carbonyl (C=O) groups is 1. The molecule has 0 aliphatic carbocycles. The lowest BCUT2D eigenvalue weighted by atomic mass is 10.0. The number of piperazine rings is 1. The summed E-state index contributed by atoms with van der Waals surface area (Å²) in [6.07, 6.45) is 3.52. The van der Waals surface area contributed by atoms with E-state index in [1.165, 1.54) is 18.3 Å². The van der Waals surface area contributed by atoms with Gasteiger partial charge in [-0.25, -0.2) is 36.5 Å². The van der Waals surface area contributed by atoms with Gasteiger partial charge in [0.2, 0.25) is 5.91 Å². The van der Waals surface area contributed by atoms with Gasteiger partial charge in [-0.2, -0.15) is 4.98 Å². The topological polar surface area (TPSA) is 118 Å². The van der Waals surface area contributed by atoms with Crippen molar-refractivity contribution in [1.29, 1.82) is 0 Å². The van der Waals surface area contributed by atoms with Crippen LogP contribution >= 0.6 is 11.6 Å². The molecule has 4 aromatic rings. The van der Waals surface area contributed by atoms with Gasteiger partial charge in [0.1, 0.15) is 23.1 Å². The Bertz CT molecular complexity index is 2000. The molecule has 1 atom stereocenters. The molecule has 1 saturated heterocycles. The van der Waals surface area contributed by atoms with E-state index in [4.69, 9.17) is 11.6 Å². The van der Waals surface area contributed by atoms with Gasteiger partial charge in [-0.1, -0.05) is 32.0 Å². The molecule has 0 bridgehead atoms. The molecular formula is C30H29ClF2N6O4S. The van der Waals surface area contributed by atoms with Gasteiger partial charge in [0.25, 0.3) is 0 Å². The second-order valence-electron chi connectivity index (χ2n) is 10.9. The highest BCUT2D eigenvalue weighted by atomic mass is 35.5. The van der Waals surface area contributed by atoms with Crippen molar-refractivity contribution in [2.45, 2.75) is 37.8 Å². The summed E-state index contributed by atoms with van der Waals surface area (Å²) in [6, 6.07) is 5.75. The third-order valence-corrected chi connectivity index (χ3v) is 8.82. The number of fused-ring (bicyclic) bond motifs is 1. The summed E-state index contributed by atoms with van der Waals surface area (Å²) in [5.74, 6) is -1.99. The first-order valence-corrected chi connectivity index (χ1v) is 16.0. The van der Waals surface area contributed by atoms with E-state index in [0.29, 0.717) is 5.56 Å². The summed E-state index contributed by atoms with van der Waals surface area (Å²) in [5, 5.41) is -0.284. The van der Waals surface area contributed by atoms with Crippen LogP contribution in [0.15, 0.2) is 59.0 Å². The molecule has 1 amide bonds. The molecule has 0 saturated carbocycles. The van der Waals surface area contributed by atoms with Crippen LogP contribution in [0.2, 0.25) is 5.02 Å². The maximum Gasteiger partial charge on any atom is 0.355 e. The van der Waals surface area contributed by atoms with Crippen LogP contribution in [0.25, 0.3) is 28.0 Å². The molecular weight excluding hydrogens is 614 g/mol. The van der Waals surface area contributed by atoms with Crippen LogP contribution in [0.4, 0.5) is 14.6 Å². The molecule has 10 nitrogen and oxygen atoms in total. The van der Waals surface area contributed by atoms with Gasteiger partial charge < -0.3 is 9.80 Å². The second-order valence-corrected chi connectivity index (χ2v) is 13.2. The zero-order valence-corrected chi connectivity index (χ0v) is 26.0. The van der Waals surface area contributed by atoms with Gasteiger partial charge in [0.15, 0.2) is 20.5 Å². The van der Waals surface area contributed by atoms with Crippen LogP contribution in [0, 0.1) is 11.6 Å². The van der Waals surface area contributed by atoms with Crippen LogP contribution in [-0.4, -0.2) is 70.7 Å². The van der Waals surface area contributed by atoms with Crippen molar-refractivity contribution in [1.82, 2.24) is 24.4 Å². The normalized spacial score (nSPS) is 15.7. The molecule has 1 aromatic carbocycles. The predicted octanol–water partition coefficient (Wildman–Crippen LogP) is 4.52. The minimum absolute atomic E-state index is 0.0121. The fraction of sp³-hybridized carbons (Fsp3) is 0.300. The summed E-state index contributed by atoms with van der Waals surface area (Å²) in [6.45, 7) is 9.81. The quantitative estimate of drug-likeness (QED) is 0.282. The van der Waals surface area contributed by atoms with Crippen LogP contribution in [0.3, 0.4) is 0 Å². The number of carbonyl (C=O) groups excluding carboxylic acids is 1. The highest BCUT2D eigenvalue weighted by molar-refractivity contribution is 7.90. The molecule has 0 unspecified atom stereocenters. The average Bonchev–Trinajstić information content (AvgIpc) is 2.97. The number of nitrogens with zero attached hydrogens (tertiary/aromatic N) is 6. The van der Waals surface area contributed by atoms with Gasteiger partial charge in [-0.3, -0.25) is 4.79 Å². The van der Waals surface area contributed by atoms with Gasteiger partial charge >= 0.3 is 5.69 Å². The maximum atomic E-state index is 15.9. The number of anilines is 1. The first-order valence-electron chi connectivity index (χ1n) is 13.7. The lowest BCUT2D eigenvalue weighted by Gasteiger charge is -2.40. The van der Waals surface area contributed by atoms with E-state index in [9.17, 15) is 22.4 Å². The molecule has 14 heteroatoms. The first kappa shape index (κ1) is 31.2. The van der Waals surface area contributed by atoms with Gasteiger partial charge in [-0.05, 0) is 54.8 Å². The highest BCUT2D eigenvalue weighted by Gasteiger charge is 2.32. The Morgan fingerprint density at radius 1 is 1.16 bits per heavy atom. The average molecular weight is 643 g/mol. The smallest absolute Gasteiger partial charge is 0.350 e. The Balaban J connectivity index is 1.89. The number of sulfone groups is 1. The maximum absolute atomic E-state index is 15.9. The number of rotatable bonds is 6. The summed E-state index contributed by atoms with van der Waals surface area (Å²) in [7, 11) is -3.99. The second kappa shape index (κ2) is 11.7. The molecule has 3 aromatic heterocycles. The Kier molecular flexibility index (Phi) is 8.29. The molecule has 1 aliphatic heterocycles. The summed E-state index contributed by atoms with van der Waals surface area (Å²) in [4.78, 5) is 42.6. The molecule has 0 spiro atoms. The van der Waals surface area contributed by atoms with Crippen LogP contribution < -0.4 is 10.6 Å². The van der Waals surface area contributed by atoms with Crippen LogP contribution in [0.5, 0.6) is 0 Å². The summed E-state index contributed by atoms with van der Waals surface area (Å²) >= 11 is 6.33. The number of hydrogen-bond acceptors (Lipinski definition) is 8. The van der Waals surface area contributed by atoms with E-state index in [2.05, 4.69) is 21.5 Å². The van der Waals surface area contributed by atoms with E-state index in [0.717, 1.165) is 29.0 Å². The lowest BCUT2D eigenvalue weighted by Crippen LogP contribution is -2.54. The van der Waals surface area contributed by atoms with Crippen molar-refractivity contribution in [3.8, 4) is 16.9 Å². The number of benzene rings is 1. The van der Waals surface area contributed by atoms with Crippen molar-refractivity contribution in [2.24, 2.45) is 0 Å². The van der Waals surface area contributed by atoms with Crippen molar-refractivity contribution in [3.05, 3.63) is 81.9 Å². The molecule has 0 radical (unpaired) electrons. The molecule has 0 N–H and O–H groups in total. The summed E-state index contributed by atoms with van der Waals surface area (Å²) in [5.41, 5.74) is -1.04. The Morgan fingerprint density at radius 2 is 1.89 bits per heavy atom.